The molecule has 5 heteroatoms. The largest absolute Gasteiger partial charge is 0.257 e. The second kappa shape index (κ2) is 9.26. The molecule has 0 N–H and O–H groups in total. The van der Waals surface area contributed by atoms with Crippen molar-refractivity contribution in [1.29, 1.82) is 0 Å². The van der Waals surface area contributed by atoms with E-state index in [4.69, 9.17) is 10.1 Å². The fourth-order valence-electron chi connectivity index (χ4n) is 2.94. The molecule has 0 atom stereocenters. The van der Waals surface area contributed by atoms with Gasteiger partial charge >= 0.3 is 0 Å². The maximum atomic E-state index is 4.82. The predicted octanol–water partition coefficient (Wildman–Crippen LogP) is 4.95. The Morgan fingerprint density at radius 2 is 1.76 bits per heavy atom. The van der Waals surface area contributed by atoms with Gasteiger partial charge in [-0.25, -0.2) is 4.68 Å². The standard InChI is InChI=1S/C24H22N4S/c1-19-10-12-21(13-11-19)23-18-29-24(26-16-14-20-7-3-2-4-8-20)28(23)27-17-22-9-5-6-15-25-22/h2-13,15,17-18H,14,16H2,1H3/b26-24?,27-17+. The van der Waals surface area contributed by atoms with Crippen LogP contribution in [0.3, 0.4) is 0 Å². The molecule has 29 heavy (non-hydrogen) atoms. The summed E-state index contributed by atoms with van der Waals surface area (Å²) < 4.78 is 1.91. The van der Waals surface area contributed by atoms with Gasteiger partial charge in [-0.05, 0) is 31.0 Å². The van der Waals surface area contributed by atoms with Gasteiger partial charge in [0.05, 0.1) is 17.6 Å². The first-order valence-electron chi connectivity index (χ1n) is 9.57. The van der Waals surface area contributed by atoms with E-state index >= 15 is 0 Å². The second-order valence-electron chi connectivity index (χ2n) is 6.70. The molecule has 0 aliphatic heterocycles. The molecule has 0 fully saturated rings. The minimum absolute atomic E-state index is 0.719. The Balaban J connectivity index is 1.67. The third-order valence-corrected chi connectivity index (χ3v) is 5.37. The van der Waals surface area contributed by atoms with Crippen LogP contribution in [0.25, 0.3) is 11.3 Å². The van der Waals surface area contributed by atoms with Crippen LogP contribution < -0.4 is 4.80 Å². The van der Waals surface area contributed by atoms with Crippen LogP contribution in [0.1, 0.15) is 16.8 Å². The minimum atomic E-state index is 0.719. The Morgan fingerprint density at radius 1 is 0.966 bits per heavy atom. The van der Waals surface area contributed by atoms with E-state index in [1.807, 2.05) is 28.9 Å². The second-order valence-corrected chi connectivity index (χ2v) is 7.53. The molecule has 4 nitrogen and oxygen atoms in total. The van der Waals surface area contributed by atoms with E-state index in [1.54, 1.807) is 23.7 Å². The molecule has 2 aromatic heterocycles. The third-order valence-electron chi connectivity index (χ3n) is 4.52. The number of rotatable bonds is 6. The number of hydrogen-bond donors (Lipinski definition) is 0. The summed E-state index contributed by atoms with van der Waals surface area (Å²) in [4.78, 5) is 10.0. The van der Waals surface area contributed by atoms with E-state index in [9.17, 15) is 0 Å². The molecule has 0 aliphatic rings. The summed E-state index contributed by atoms with van der Waals surface area (Å²) in [7, 11) is 0. The highest BCUT2D eigenvalue weighted by Crippen LogP contribution is 2.20. The lowest BCUT2D eigenvalue weighted by Gasteiger charge is -2.04. The van der Waals surface area contributed by atoms with Crippen molar-refractivity contribution in [3.63, 3.8) is 0 Å². The summed E-state index contributed by atoms with van der Waals surface area (Å²) in [5.74, 6) is 0. The average molecular weight is 399 g/mol. The third kappa shape index (κ3) is 4.95. The summed E-state index contributed by atoms with van der Waals surface area (Å²) in [5, 5.41) is 6.82. The highest BCUT2D eigenvalue weighted by atomic mass is 32.1. The van der Waals surface area contributed by atoms with Crippen molar-refractivity contribution in [2.45, 2.75) is 13.3 Å². The summed E-state index contributed by atoms with van der Waals surface area (Å²) in [6.07, 6.45) is 4.45. The Bertz CT molecular complexity index is 1140. The number of thiazole rings is 1. The van der Waals surface area contributed by atoms with E-state index in [0.29, 0.717) is 0 Å². The molecular weight excluding hydrogens is 376 g/mol. The molecule has 0 unspecified atom stereocenters. The van der Waals surface area contributed by atoms with Gasteiger partial charge in [-0.3, -0.25) is 9.98 Å². The maximum Gasteiger partial charge on any atom is 0.206 e. The van der Waals surface area contributed by atoms with Gasteiger partial charge in [0.1, 0.15) is 0 Å². The Morgan fingerprint density at radius 3 is 2.52 bits per heavy atom. The van der Waals surface area contributed by atoms with Crippen molar-refractivity contribution < 1.29 is 0 Å². The molecule has 2 aromatic carbocycles. The molecule has 0 aliphatic carbocycles. The van der Waals surface area contributed by atoms with Gasteiger partial charge in [0, 0.05) is 23.7 Å². The molecular formula is C24H22N4S. The fraction of sp³-hybridized carbons (Fsp3) is 0.125. The van der Waals surface area contributed by atoms with Gasteiger partial charge in [-0.15, -0.1) is 11.3 Å². The molecule has 4 rings (SSSR count). The summed E-state index contributed by atoms with van der Waals surface area (Å²) >= 11 is 1.61. The molecule has 4 aromatic rings. The molecule has 0 saturated carbocycles. The van der Waals surface area contributed by atoms with Gasteiger partial charge < -0.3 is 0 Å². The molecule has 0 spiro atoms. The molecule has 0 amide bonds. The van der Waals surface area contributed by atoms with Crippen LogP contribution in [0.5, 0.6) is 0 Å². The van der Waals surface area contributed by atoms with Gasteiger partial charge in [0.2, 0.25) is 4.80 Å². The number of aryl methyl sites for hydroxylation is 1. The van der Waals surface area contributed by atoms with E-state index < -0.39 is 0 Å². The molecule has 2 heterocycles. The minimum Gasteiger partial charge on any atom is -0.257 e. The van der Waals surface area contributed by atoms with E-state index in [2.05, 4.69) is 65.8 Å². The molecule has 0 bridgehead atoms. The normalized spacial score (nSPS) is 12.0. The quantitative estimate of drug-likeness (QED) is 0.424. The lowest BCUT2D eigenvalue weighted by atomic mass is 10.1. The van der Waals surface area contributed by atoms with Crippen molar-refractivity contribution in [2.24, 2.45) is 10.1 Å². The lowest BCUT2D eigenvalue weighted by molar-refractivity contribution is 0.816. The zero-order chi connectivity index (χ0) is 19.9. The molecule has 0 saturated heterocycles. The first-order chi connectivity index (χ1) is 14.3. The summed E-state index contributed by atoms with van der Waals surface area (Å²) in [5.41, 5.74) is 5.49. The smallest absolute Gasteiger partial charge is 0.206 e. The van der Waals surface area contributed by atoms with Gasteiger partial charge in [0.15, 0.2) is 0 Å². The molecule has 144 valence electrons. The number of hydrogen-bond acceptors (Lipinski definition) is 4. The SMILES string of the molecule is Cc1ccc(-c2csc(=NCCc3ccccc3)n2/N=C/c2ccccn2)cc1. The topological polar surface area (TPSA) is 42.5 Å². The monoisotopic (exact) mass is 398 g/mol. The number of pyridine rings is 1. The van der Waals surface area contributed by atoms with Crippen LogP contribution in [0.4, 0.5) is 0 Å². The number of nitrogens with zero attached hydrogens (tertiary/aromatic N) is 4. The van der Waals surface area contributed by atoms with Gasteiger partial charge in [-0.2, -0.15) is 5.10 Å². The van der Waals surface area contributed by atoms with E-state index in [-0.39, 0.29) is 0 Å². The van der Waals surface area contributed by atoms with Crippen LogP contribution in [0.15, 0.2) is 94.5 Å². The van der Waals surface area contributed by atoms with Crippen LogP contribution >= 0.6 is 11.3 Å². The van der Waals surface area contributed by atoms with Crippen LogP contribution in [0, 0.1) is 6.92 Å². The Labute approximate surface area is 174 Å². The van der Waals surface area contributed by atoms with Crippen LogP contribution in [-0.2, 0) is 6.42 Å². The first-order valence-corrected chi connectivity index (χ1v) is 10.4. The number of benzene rings is 2. The van der Waals surface area contributed by atoms with Crippen molar-refractivity contribution in [1.82, 2.24) is 9.66 Å². The zero-order valence-corrected chi connectivity index (χ0v) is 17.1. The highest BCUT2D eigenvalue weighted by Gasteiger charge is 2.07. The summed E-state index contributed by atoms with van der Waals surface area (Å²) in [6.45, 7) is 2.81. The van der Waals surface area contributed by atoms with Gasteiger partial charge in [0.25, 0.3) is 0 Å². The van der Waals surface area contributed by atoms with Crippen molar-refractivity contribution in [3.8, 4) is 11.3 Å². The first kappa shape index (κ1) is 19.0. The predicted molar refractivity (Wildman–Crippen MR) is 120 cm³/mol. The van der Waals surface area contributed by atoms with Crippen LogP contribution in [0.2, 0.25) is 0 Å². The van der Waals surface area contributed by atoms with Crippen molar-refractivity contribution in [3.05, 3.63) is 106 Å². The summed E-state index contributed by atoms with van der Waals surface area (Å²) in [6, 6.07) is 24.7. The molecule has 0 radical (unpaired) electrons. The zero-order valence-electron chi connectivity index (χ0n) is 16.3. The highest BCUT2D eigenvalue weighted by molar-refractivity contribution is 7.07. The Kier molecular flexibility index (Phi) is 6.07. The van der Waals surface area contributed by atoms with Crippen molar-refractivity contribution in [2.75, 3.05) is 6.54 Å². The van der Waals surface area contributed by atoms with Crippen LogP contribution in [-0.4, -0.2) is 22.4 Å². The van der Waals surface area contributed by atoms with E-state index in [0.717, 1.165) is 34.7 Å². The van der Waals surface area contributed by atoms with Crippen molar-refractivity contribution >= 4 is 17.6 Å². The Hall–Kier alpha value is -3.31. The van der Waals surface area contributed by atoms with Gasteiger partial charge in [-0.1, -0.05) is 66.2 Å². The average Bonchev–Trinajstić information content (AvgIpc) is 3.17. The fourth-order valence-corrected chi connectivity index (χ4v) is 3.80. The maximum absolute atomic E-state index is 4.82. The lowest BCUT2D eigenvalue weighted by Crippen LogP contribution is -2.13. The van der Waals surface area contributed by atoms with E-state index in [1.165, 1.54) is 11.1 Å². The number of aromatic nitrogens is 2.